The van der Waals surface area contributed by atoms with Gasteiger partial charge in [0.2, 0.25) is 0 Å². The maximum Gasteiger partial charge on any atom is 1.00 e. The summed E-state index contributed by atoms with van der Waals surface area (Å²) in [5.74, 6) is -3.58. The van der Waals surface area contributed by atoms with Crippen molar-refractivity contribution in [3.05, 3.63) is 0 Å². The molecule has 0 aromatic heterocycles. The molecular weight excluding hydrogens is 211 g/mol. The zero-order chi connectivity index (χ0) is 10.0. The molecule has 3 fully saturated rings. The molecule has 3 rings (SSSR count). The zero-order valence-electron chi connectivity index (χ0n) is 8.29. The zero-order valence-corrected chi connectivity index (χ0v) is 10.3. The van der Waals surface area contributed by atoms with E-state index in [4.69, 9.17) is 14.9 Å². The summed E-state index contributed by atoms with van der Waals surface area (Å²) in [6, 6.07) is 0. The molecular formula is C9H10NaO5+. The number of carbonyl (C=O) groups is 2. The number of fused-ring (bicyclic) bond motifs is 5. The van der Waals surface area contributed by atoms with Crippen LogP contribution in [0.15, 0.2) is 0 Å². The van der Waals surface area contributed by atoms with E-state index in [1.807, 2.05) is 0 Å². The summed E-state index contributed by atoms with van der Waals surface area (Å²) in [7, 11) is 0. The van der Waals surface area contributed by atoms with Gasteiger partial charge in [-0.2, -0.15) is 0 Å². The van der Waals surface area contributed by atoms with Gasteiger partial charge in [-0.05, 0) is 6.42 Å². The van der Waals surface area contributed by atoms with Gasteiger partial charge in [-0.15, -0.1) is 0 Å². The molecule has 0 spiro atoms. The normalized spacial score (nSPS) is 49.3. The van der Waals surface area contributed by atoms with Gasteiger partial charge in [0.15, 0.2) is 0 Å². The molecule has 1 heterocycles. The predicted molar refractivity (Wildman–Crippen MR) is 42.5 cm³/mol. The van der Waals surface area contributed by atoms with E-state index in [1.54, 1.807) is 0 Å². The molecule has 2 saturated carbocycles. The summed E-state index contributed by atoms with van der Waals surface area (Å²) in [5.41, 5.74) is 0. The molecule has 2 bridgehead atoms. The van der Waals surface area contributed by atoms with Crippen LogP contribution in [0.5, 0.6) is 0 Å². The van der Waals surface area contributed by atoms with Crippen molar-refractivity contribution >= 4 is 11.9 Å². The fourth-order valence-electron chi connectivity index (χ4n) is 3.32. The quantitative estimate of drug-likeness (QED) is 0.379. The van der Waals surface area contributed by atoms with Crippen molar-refractivity contribution in [2.75, 3.05) is 0 Å². The van der Waals surface area contributed by atoms with Crippen molar-refractivity contribution < 1.29 is 54.1 Å². The maximum atomic E-state index is 11.0. The molecule has 0 aromatic carbocycles. The number of hydrogen-bond donors (Lipinski definition) is 2. The average Bonchev–Trinajstić information content (AvgIpc) is 2.71. The predicted octanol–water partition coefficient (Wildman–Crippen LogP) is -3.19. The minimum absolute atomic E-state index is 0. The van der Waals surface area contributed by atoms with E-state index in [1.165, 1.54) is 0 Å². The summed E-state index contributed by atoms with van der Waals surface area (Å²) in [5, 5.41) is 17.9. The van der Waals surface area contributed by atoms with Crippen molar-refractivity contribution in [1.29, 1.82) is 0 Å². The SMILES string of the molecule is O=C(O)C1C2CC(C3OC23)C1C(=O)O.[Na+]. The van der Waals surface area contributed by atoms with Gasteiger partial charge in [0.1, 0.15) is 0 Å². The van der Waals surface area contributed by atoms with Gasteiger partial charge in [-0.1, -0.05) is 0 Å². The third kappa shape index (κ3) is 1.37. The third-order valence-electron chi connectivity index (χ3n) is 3.83. The third-order valence-corrected chi connectivity index (χ3v) is 3.83. The Morgan fingerprint density at radius 1 is 1.00 bits per heavy atom. The summed E-state index contributed by atoms with van der Waals surface area (Å²) < 4.78 is 5.27. The number of carboxylic acid groups (broad SMARTS) is 2. The van der Waals surface area contributed by atoms with E-state index >= 15 is 0 Å². The van der Waals surface area contributed by atoms with E-state index in [-0.39, 0.29) is 53.6 Å². The molecule has 0 aromatic rings. The van der Waals surface area contributed by atoms with Crippen LogP contribution in [-0.2, 0) is 14.3 Å². The van der Waals surface area contributed by atoms with E-state index in [2.05, 4.69) is 0 Å². The van der Waals surface area contributed by atoms with Gasteiger partial charge in [0.05, 0.1) is 24.0 Å². The Morgan fingerprint density at radius 2 is 1.40 bits per heavy atom. The fraction of sp³-hybridized carbons (Fsp3) is 0.778. The van der Waals surface area contributed by atoms with E-state index in [0.717, 1.165) is 0 Å². The van der Waals surface area contributed by atoms with Crippen LogP contribution in [0.1, 0.15) is 6.42 Å². The monoisotopic (exact) mass is 221 g/mol. The molecule has 1 aliphatic heterocycles. The van der Waals surface area contributed by atoms with Crippen LogP contribution >= 0.6 is 0 Å². The van der Waals surface area contributed by atoms with Crippen LogP contribution in [0.4, 0.5) is 0 Å². The van der Waals surface area contributed by atoms with Crippen molar-refractivity contribution in [2.24, 2.45) is 23.7 Å². The Balaban J connectivity index is 0.000000853. The van der Waals surface area contributed by atoms with Gasteiger partial charge in [-0.25, -0.2) is 0 Å². The summed E-state index contributed by atoms with van der Waals surface area (Å²) in [4.78, 5) is 21.9. The van der Waals surface area contributed by atoms with E-state index in [9.17, 15) is 9.59 Å². The Kier molecular flexibility index (Phi) is 2.62. The van der Waals surface area contributed by atoms with Crippen LogP contribution in [-0.4, -0.2) is 34.4 Å². The van der Waals surface area contributed by atoms with Gasteiger partial charge >= 0.3 is 41.5 Å². The second-order valence-electron chi connectivity index (χ2n) is 4.36. The first-order valence-corrected chi connectivity index (χ1v) is 4.72. The second kappa shape index (κ2) is 3.45. The van der Waals surface area contributed by atoms with Crippen LogP contribution < -0.4 is 29.6 Å². The molecule has 6 heteroatoms. The Morgan fingerprint density at radius 3 is 1.73 bits per heavy atom. The van der Waals surface area contributed by atoms with Gasteiger partial charge in [0, 0.05) is 11.8 Å². The number of aliphatic carboxylic acids is 2. The number of epoxide rings is 1. The van der Waals surface area contributed by atoms with Gasteiger partial charge in [0.25, 0.3) is 0 Å². The molecule has 3 aliphatic rings. The Hall–Kier alpha value is -0.100. The first-order chi connectivity index (χ1) is 6.61. The van der Waals surface area contributed by atoms with Crippen molar-refractivity contribution in [3.8, 4) is 0 Å². The second-order valence-corrected chi connectivity index (χ2v) is 4.36. The van der Waals surface area contributed by atoms with Crippen LogP contribution in [0.2, 0.25) is 0 Å². The summed E-state index contributed by atoms with van der Waals surface area (Å²) in [6.45, 7) is 0. The van der Waals surface area contributed by atoms with E-state index < -0.39 is 23.8 Å². The Labute approximate surface area is 108 Å². The number of rotatable bonds is 2. The number of carboxylic acids is 2. The van der Waals surface area contributed by atoms with Crippen LogP contribution in [0.25, 0.3) is 0 Å². The van der Waals surface area contributed by atoms with E-state index in [0.29, 0.717) is 6.42 Å². The Bertz CT molecular complexity index is 300. The topological polar surface area (TPSA) is 87.1 Å². The van der Waals surface area contributed by atoms with Gasteiger partial charge < -0.3 is 14.9 Å². The summed E-state index contributed by atoms with van der Waals surface area (Å²) in [6.07, 6.45) is 0.789. The number of ether oxygens (including phenoxy) is 1. The largest absolute Gasteiger partial charge is 1.00 e. The minimum atomic E-state index is -0.987. The minimum Gasteiger partial charge on any atom is -0.481 e. The maximum absolute atomic E-state index is 11.0. The average molecular weight is 221 g/mol. The van der Waals surface area contributed by atoms with Crippen molar-refractivity contribution in [1.82, 2.24) is 0 Å². The molecule has 0 amide bonds. The molecule has 6 atom stereocenters. The molecule has 76 valence electrons. The molecule has 5 nitrogen and oxygen atoms in total. The van der Waals surface area contributed by atoms with Crippen LogP contribution in [0, 0.1) is 23.7 Å². The van der Waals surface area contributed by atoms with Crippen molar-refractivity contribution in [2.45, 2.75) is 18.6 Å². The molecule has 0 radical (unpaired) electrons. The van der Waals surface area contributed by atoms with Crippen LogP contribution in [0.3, 0.4) is 0 Å². The molecule has 2 aliphatic carbocycles. The fourth-order valence-corrected chi connectivity index (χ4v) is 3.32. The molecule has 15 heavy (non-hydrogen) atoms. The van der Waals surface area contributed by atoms with Gasteiger partial charge in [-0.3, -0.25) is 9.59 Å². The standard InChI is InChI=1S/C9H10O5.Na/c10-8(11)4-2-1-3(5(4)9(12)13)7-6(2)14-7;/h2-7H,1H2,(H,10,11)(H,12,13);/q;+1. The molecule has 2 N–H and O–H groups in total. The smallest absolute Gasteiger partial charge is 0.481 e. The number of hydrogen-bond acceptors (Lipinski definition) is 3. The molecule has 1 saturated heterocycles. The summed E-state index contributed by atoms with van der Waals surface area (Å²) >= 11 is 0. The first-order valence-electron chi connectivity index (χ1n) is 4.72. The van der Waals surface area contributed by atoms with Crippen molar-refractivity contribution in [3.63, 3.8) is 0 Å². The molecule has 6 unspecified atom stereocenters. The first kappa shape index (κ1) is 11.4.